The van der Waals surface area contributed by atoms with Crippen molar-refractivity contribution < 1.29 is 16.8 Å². The molecule has 0 aliphatic carbocycles. The van der Waals surface area contributed by atoms with Gasteiger partial charge in [0.25, 0.3) is 0 Å². The topological polar surface area (TPSA) is 83.6 Å². The molecule has 1 saturated heterocycles. The summed E-state index contributed by atoms with van der Waals surface area (Å²) in [6.07, 6.45) is 0.560. The highest BCUT2D eigenvalue weighted by molar-refractivity contribution is 7.92. The Morgan fingerprint density at radius 2 is 2.00 bits per heavy atom. The fourth-order valence-corrected chi connectivity index (χ4v) is 5.16. The number of hydrogen-bond acceptors (Lipinski definition) is 4. The van der Waals surface area contributed by atoms with Gasteiger partial charge in [-0.15, -0.1) is 0 Å². The van der Waals surface area contributed by atoms with E-state index in [0.717, 1.165) is 5.41 Å². The summed E-state index contributed by atoms with van der Waals surface area (Å²) in [6.45, 7) is 3.90. The average molecular weight is 399 g/mol. The summed E-state index contributed by atoms with van der Waals surface area (Å²) >= 11 is 11.8. The molecule has 0 radical (unpaired) electrons. The minimum atomic E-state index is -3.73. The predicted octanol–water partition coefficient (Wildman–Crippen LogP) is 2.07. The molecule has 0 spiro atoms. The van der Waals surface area contributed by atoms with Crippen molar-refractivity contribution in [1.82, 2.24) is 9.03 Å². The zero-order valence-corrected chi connectivity index (χ0v) is 15.2. The van der Waals surface area contributed by atoms with Crippen molar-refractivity contribution in [3.8, 4) is 0 Å². The number of nitrogens with zero attached hydrogens (tertiary/aromatic N) is 1. The lowest BCUT2D eigenvalue weighted by Gasteiger charge is -2.17. The highest BCUT2D eigenvalue weighted by Gasteiger charge is 2.34. The van der Waals surface area contributed by atoms with Crippen LogP contribution in [0.3, 0.4) is 0 Å². The molecule has 1 atom stereocenters. The van der Waals surface area contributed by atoms with Crippen LogP contribution in [0.5, 0.6) is 0 Å². The van der Waals surface area contributed by atoms with Crippen molar-refractivity contribution in [2.45, 2.75) is 11.3 Å². The molecule has 1 aromatic carbocycles. The monoisotopic (exact) mass is 398 g/mol. The molecular formula is C13H16Cl2N2O4S2. The van der Waals surface area contributed by atoms with Crippen LogP contribution in [0.25, 0.3) is 0 Å². The molecule has 1 N–H and O–H groups in total. The summed E-state index contributed by atoms with van der Waals surface area (Å²) < 4.78 is 51.6. The van der Waals surface area contributed by atoms with Crippen LogP contribution in [0.4, 0.5) is 0 Å². The summed E-state index contributed by atoms with van der Waals surface area (Å²) in [5, 5.41) is 1.24. The molecule has 128 valence electrons. The number of nitrogens with one attached hydrogen (secondary N) is 1. The van der Waals surface area contributed by atoms with Crippen molar-refractivity contribution >= 4 is 43.2 Å². The molecule has 6 nitrogen and oxygen atoms in total. The van der Waals surface area contributed by atoms with Gasteiger partial charge in [0.15, 0.2) is 0 Å². The van der Waals surface area contributed by atoms with E-state index in [0.29, 0.717) is 18.0 Å². The maximum absolute atomic E-state index is 12.6. The minimum absolute atomic E-state index is 0.00381. The Morgan fingerprint density at radius 3 is 2.61 bits per heavy atom. The Morgan fingerprint density at radius 1 is 1.30 bits per heavy atom. The lowest BCUT2D eigenvalue weighted by Crippen LogP contribution is -2.32. The normalized spacial score (nSPS) is 19.8. The molecule has 0 aromatic heterocycles. The predicted molar refractivity (Wildman–Crippen MR) is 90.4 cm³/mol. The van der Waals surface area contributed by atoms with E-state index in [1.165, 1.54) is 22.5 Å². The third-order valence-electron chi connectivity index (χ3n) is 3.55. The van der Waals surface area contributed by atoms with Gasteiger partial charge in [-0.2, -0.15) is 4.31 Å². The van der Waals surface area contributed by atoms with E-state index in [1.807, 2.05) is 0 Å². The van der Waals surface area contributed by atoms with Crippen molar-refractivity contribution in [3.05, 3.63) is 40.2 Å². The lowest BCUT2D eigenvalue weighted by atomic mass is 10.1. The van der Waals surface area contributed by atoms with Crippen molar-refractivity contribution in [1.29, 1.82) is 0 Å². The number of benzene rings is 1. The second-order valence-corrected chi connectivity index (χ2v) is 9.61. The summed E-state index contributed by atoms with van der Waals surface area (Å²) in [7, 11) is -7.25. The van der Waals surface area contributed by atoms with Gasteiger partial charge in [0, 0.05) is 30.1 Å². The van der Waals surface area contributed by atoms with Gasteiger partial charge in [0.1, 0.15) is 4.90 Å². The Hall–Kier alpha value is -0.640. The number of hydrogen-bond donors (Lipinski definition) is 1. The lowest BCUT2D eigenvalue weighted by molar-refractivity contribution is 0.455. The van der Waals surface area contributed by atoms with Crippen LogP contribution < -0.4 is 4.72 Å². The highest BCUT2D eigenvalue weighted by Crippen LogP contribution is 2.30. The quantitative estimate of drug-likeness (QED) is 0.794. The van der Waals surface area contributed by atoms with E-state index >= 15 is 0 Å². The highest BCUT2D eigenvalue weighted by atomic mass is 35.5. The zero-order valence-electron chi connectivity index (χ0n) is 12.1. The average Bonchev–Trinajstić information content (AvgIpc) is 2.94. The van der Waals surface area contributed by atoms with Crippen molar-refractivity contribution in [2.24, 2.45) is 5.92 Å². The molecule has 10 heteroatoms. The van der Waals surface area contributed by atoms with E-state index in [2.05, 4.69) is 11.3 Å². The summed E-state index contributed by atoms with van der Waals surface area (Å²) in [5.41, 5.74) is 0. The maximum atomic E-state index is 12.6. The van der Waals surface area contributed by atoms with Gasteiger partial charge in [-0.05, 0) is 30.5 Å². The number of sulfonamides is 2. The fraction of sp³-hybridized carbons (Fsp3) is 0.385. The molecule has 1 aliphatic rings. The molecular weight excluding hydrogens is 383 g/mol. The van der Waals surface area contributed by atoms with Gasteiger partial charge in [0.2, 0.25) is 20.0 Å². The van der Waals surface area contributed by atoms with E-state index in [4.69, 9.17) is 23.2 Å². The van der Waals surface area contributed by atoms with Crippen LogP contribution in [0.1, 0.15) is 6.42 Å². The first-order chi connectivity index (χ1) is 10.7. The molecule has 1 aromatic rings. The Balaban J connectivity index is 2.10. The van der Waals surface area contributed by atoms with Gasteiger partial charge in [-0.1, -0.05) is 29.8 Å². The third-order valence-corrected chi connectivity index (χ3v) is 7.14. The maximum Gasteiger partial charge on any atom is 0.244 e. The molecule has 1 heterocycles. The van der Waals surface area contributed by atoms with Gasteiger partial charge >= 0.3 is 0 Å². The summed E-state index contributed by atoms with van der Waals surface area (Å²) in [5.74, 6) is -0.106. The Kier molecular flexibility index (Phi) is 5.76. The van der Waals surface area contributed by atoms with Crippen molar-refractivity contribution in [2.75, 3.05) is 19.6 Å². The van der Waals surface area contributed by atoms with Crippen LogP contribution in [-0.4, -0.2) is 40.8 Å². The first kappa shape index (κ1) is 18.7. The summed E-state index contributed by atoms with van der Waals surface area (Å²) in [4.78, 5) is -0.00381. The molecule has 0 bridgehead atoms. The largest absolute Gasteiger partial charge is 0.244 e. The SMILES string of the molecule is C=CS(=O)(=O)NCC1CCN(S(=O)(=O)c2ccc(Cl)cc2Cl)C1. The Labute approximate surface area is 146 Å². The number of rotatable bonds is 6. The third kappa shape index (κ3) is 4.46. The van der Waals surface area contributed by atoms with E-state index in [-0.39, 0.29) is 28.9 Å². The van der Waals surface area contributed by atoms with Gasteiger partial charge in [0.05, 0.1) is 5.02 Å². The molecule has 1 unspecified atom stereocenters. The first-order valence-corrected chi connectivity index (χ1v) is 10.5. The number of halogens is 2. The van der Waals surface area contributed by atoms with Gasteiger partial charge in [-0.25, -0.2) is 21.6 Å². The van der Waals surface area contributed by atoms with E-state index in [9.17, 15) is 16.8 Å². The molecule has 23 heavy (non-hydrogen) atoms. The van der Waals surface area contributed by atoms with E-state index in [1.54, 1.807) is 0 Å². The molecule has 1 fully saturated rings. The summed E-state index contributed by atoms with van der Waals surface area (Å²) in [6, 6.07) is 4.21. The smallest absolute Gasteiger partial charge is 0.211 e. The second-order valence-electron chi connectivity index (χ2n) is 5.15. The van der Waals surface area contributed by atoms with Gasteiger partial charge in [-0.3, -0.25) is 0 Å². The first-order valence-electron chi connectivity index (χ1n) is 6.73. The molecule has 0 amide bonds. The molecule has 2 rings (SSSR count). The van der Waals surface area contributed by atoms with Crippen molar-refractivity contribution in [3.63, 3.8) is 0 Å². The van der Waals surface area contributed by atoms with Crippen LogP contribution in [0.2, 0.25) is 10.0 Å². The molecule has 0 saturated carbocycles. The van der Waals surface area contributed by atoms with Crippen LogP contribution in [0, 0.1) is 5.92 Å². The van der Waals surface area contributed by atoms with E-state index < -0.39 is 20.0 Å². The zero-order chi connectivity index (χ0) is 17.3. The molecule has 1 aliphatic heterocycles. The standard InChI is InChI=1S/C13H16Cl2N2O4S2/c1-2-22(18,19)16-8-10-5-6-17(9-10)23(20,21)13-4-3-11(14)7-12(13)15/h2-4,7,10,16H,1,5-6,8-9H2. The van der Waals surface area contributed by atoms with Gasteiger partial charge < -0.3 is 0 Å². The Bertz CT molecular complexity index is 809. The van der Waals surface area contributed by atoms with Crippen LogP contribution in [-0.2, 0) is 20.0 Å². The van der Waals surface area contributed by atoms with Crippen LogP contribution in [0.15, 0.2) is 35.1 Å². The fourth-order valence-electron chi connectivity index (χ4n) is 2.30. The second kappa shape index (κ2) is 7.08. The van der Waals surface area contributed by atoms with Crippen LogP contribution >= 0.6 is 23.2 Å². The minimum Gasteiger partial charge on any atom is -0.211 e.